The summed E-state index contributed by atoms with van der Waals surface area (Å²) in [6.45, 7) is 7.32. The fraction of sp³-hybridized carbons (Fsp3) is 0.440. The number of benzene rings is 2. The Labute approximate surface area is 180 Å². The summed E-state index contributed by atoms with van der Waals surface area (Å²) < 4.78 is 0. The molecule has 156 valence electrons. The molecule has 0 aliphatic heterocycles. The molecule has 0 aromatic heterocycles. The number of unbranched alkanes of at least 4 members (excludes halogenated alkanes) is 2. The molecule has 2 aromatic carbocycles. The molecule has 2 aromatic rings. The van der Waals surface area contributed by atoms with Gasteiger partial charge >= 0.3 is 0 Å². The maximum absolute atomic E-state index is 11.9. The molecular formula is C25H33NO2S. The minimum atomic E-state index is -0.195. The molecule has 0 bridgehead atoms. The topological polar surface area (TPSA) is 46.2 Å². The number of nitrogens with one attached hydrogen (secondary N) is 1. The van der Waals surface area contributed by atoms with Gasteiger partial charge in [0.05, 0.1) is 0 Å². The number of carbonyl (C=O) groups excluding carboxylic acids is 2. The van der Waals surface area contributed by atoms with Crippen molar-refractivity contribution >= 4 is 23.5 Å². The van der Waals surface area contributed by atoms with Crippen LogP contribution < -0.4 is 5.32 Å². The van der Waals surface area contributed by atoms with Crippen LogP contribution >= 0.6 is 12.6 Å². The molecule has 29 heavy (non-hydrogen) atoms. The van der Waals surface area contributed by atoms with Gasteiger partial charge in [-0.05, 0) is 79.1 Å². The molecule has 0 saturated carbocycles. The van der Waals surface area contributed by atoms with Gasteiger partial charge < -0.3 is 5.32 Å². The predicted octanol–water partition coefficient (Wildman–Crippen LogP) is 5.93. The molecule has 0 unspecified atom stereocenters. The maximum atomic E-state index is 11.9. The van der Waals surface area contributed by atoms with Crippen molar-refractivity contribution in [3.63, 3.8) is 0 Å². The van der Waals surface area contributed by atoms with Crippen LogP contribution in [0.25, 0.3) is 0 Å². The van der Waals surface area contributed by atoms with Gasteiger partial charge in [-0.1, -0.05) is 38.8 Å². The van der Waals surface area contributed by atoms with Gasteiger partial charge in [0, 0.05) is 24.2 Å². The average molecular weight is 412 g/mol. The smallest absolute Gasteiger partial charge is 0.216 e. The minimum Gasteiger partial charge on any atom is -0.309 e. The fourth-order valence-electron chi connectivity index (χ4n) is 3.46. The first-order chi connectivity index (χ1) is 13.9. The fourth-order valence-corrected chi connectivity index (χ4v) is 3.59. The standard InChI is InChI=1S/C25H33NO2S/c1-4-6-8-19-10-21(14-23(12-19)18(3)27)16-26-17-22-11-20(9-7-5-2)13-24(15-22)25(28)29/h10-15,26H,4-9,16-17H2,1-3H3,(H,28,29). The highest BCUT2D eigenvalue weighted by Gasteiger charge is 2.08. The molecule has 0 spiro atoms. The molecular weight excluding hydrogens is 378 g/mol. The van der Waals surface area contributed by atoms with Crippen LogP contribution in [0.1, 0.15) is 89.4 Å². The van der Waals surface area contributed by atoms with Gasteiger partial charge in [-0.2, -0.15) is 0 Å². The molecule has 0 aliphatic rings. The second kappa shape index (κ2) is 11.9. The van der Waals surface area contributed by atoms with E-state index < -0.39 is 0 Å². The number of hydrogen-bond donors (Lipinski definition) is 2. The van der Waals surface area contributed by atoms with Gasteiger partial charge in [0.15, 0.2) is 5.78 Å². The van der Waals surface area contributed by atoms with Gasteiger partial charge in [-0.25, -0.2) is 0 Å². The summed E-state index contributed by atoms with van der Waals surface area (Å²) in [7, 11) is 0. The van der Waals surface area contributed by atoms with E-state index in [2.05, 4.69) is 43.9 Å². The SMILES string of the molecule is CCCCc1cc(CNCc2cc(CCCC)cc(C(=O)S)c2)cc(C(C)=O)c1. The van der Waals surface area contributed by atoms with Crippen LogP contribution in [0.15, 0.2) is 36.4 Å². The largest absolute Gasteiger partial charge is 0.309 e. The van der Waals surface area contributed by atoms with Gasteiger partial charge in [0.1, 0.15) is 0 Å². The van der Waals surface area contributed by atoms with Crippen molar-refractivity contribution in [1.29, 1.82) is 0 Å². The Morgan fingerprint density at radius 1 is 0.759 bits per heavy atom. The Balaban J connectivity index is 2.10. The second-order valence-electron chi connectivity index (χ2n) is 7.75. The lowest BCUT2D eigenvalue weighted by molar-refractivity contribution is 0.101. The summed E-state index contributed by atoms with van der Waals surface area (Å²) in [5.41, 5.74) is 6.05. The minimum absolute atomic E-state index is 0.102. The molecule has 1 N–H and O–H groups in total. The van der Waals surface area contributed by atoms with Gasteiger partial charge in [-0.15, -0.1) is 12.6 Å². The van der Waals surface area contributed by atoms with Crippen LogP contribution in [0.4, 0.5) is 0 Å². The van der Waals surface area contributed by atoms with Crippen molar-refractivity contribution in [3.05, 3.63) is 69.8 Å². The monoisotopic (exact) mass is 411 g/mol. The van der Waals surface area contributed by atoms with Crippen LogP contribution in [-0.4, -0.2) is 10.9 Å². The number of rotatable bonds is 12. The van der Waals surface area contributed by atoms with Crippen LogP contribution in [0, 0.1) is 0 Å². The van der Waals surface area contributed by atoms with E-state index in [1.54, 1.807) is 6.92 Å². The van der Waals surface area contributed by atoms with Gasteiger partial charge in [0.2, 0.25) is 5.12 Å². The van der Waals surface area contributed by atoms with E-state index in [0.717, 1.165) is 55.2 Å². The quantitative estimate of drug-likeness (QED) is 0.336. The Morgan fingerprint density at radius 3 is 1.66 bits per heavy atom. The highest BCUT2D eigenvalue weighted by atomic mass is 32.1. The predicted molar refractivity (Wildman–Crippen MR) is 124 cm³/mol. The third-order valence-corrected chi connectivity index (χ3v) is 5.31. The Bertz CT molecular complexity index is 775. The van der Waals surface area contributed by atoms with E-state index in [1.165, 1.54) is 11.1 Å². The van der Waals surface area contributed by atoms with E-state index in [0.29, 0.717) is 18.7 Å². The van der Waals surface area contributed by atoms with E-state index >= 15 is 0 Å². The lowest BCUT2D eigenvalue weighted by Gasteiger charge is -2.11. The molecule has 0 atom stereocenters. The number of aryl methyl sites for hydroxylation is 2. The molecule has 0 amide bonds. The Hall–Kier alpha value is -1.91. The van der Waals surface area contributed by atoms with Crippen molar-refractivity contribution < 1.29 is 9.59 Å². The van der Waals surface area contributed by atoms with Crippen molar-refractivity contribution in [2.24, 2.45) is 0 Å². The zero-order valence-corrected chi connectivity index (χ0v) is 18.8. The first kappa shape index (κ1) is 23.4. The van der Waals surface area contributed by atoms with Crippen molar-refractivity contribution in [1.82, 2.24) is 5.32 Å². The number of thiol groups is 1. The van der Waals surface area contributed by atoms with Crippen LogP contribution in [0.2, 0.25) is 0 Å². The van der Waals surface area contributed by atoms with Gasteiger partial charge in [-0.3, -0.25) is 9.59 Å². The van der Waals surface area contributed by atoms with Crippen molar-refractivity contribution in [2.75, 3.05) is 0 Å². The summed E-state index contributed by atoms with van der Waals surface area (Å²) >= 11 is 4.00. The number of Topliss-reactive ketones (excluding diaryl/α,β-unsaturated/α-hetero) is 1. The lowest BCUT2D eigenvalue weighted by Crippen LogP contribution is -2.14. The zero-order valence-electron chi connectivity index (χ0n) is 17.9. The number of ketones is 1. The molecule has 4 heteroatoms. The lowest BCUT2D eigenvalue weighted by atomic mass is 9.99. The Morgan fingerprint density at radius 2 is 1.21 bits per heavy atom. The Kier molecular flexibility index (Phi) is 9.62. The maximum Gasteiger partial charge on any atom is 0.216 e. The van der Waals surface area contributed by atoms with Crippen molar-refractivity contribution in [3.8, 4) is 0 Å². The van der Waals surface area contributed by atoms with E-state index in [1.807, 2.05) is 24.3 Å². The van der Waals surface area contributed by atoms with Crippen LogP contribution in [0.3, 0.4) is 0 Å². The molecule has 0 saturated heterocycles. The molecule has 2 rings (SSSR count). The van der Waals surface area contributed by atoms with E-state index in [4.69, 9.17) is 0 Å². The highest BCUT2D eigenvalue weighted by Crippen LogP contribution is 2.17. The molecule has 0 heterocycles. The van der Waals surface area contributed by atoms with Crippen LogP contribution in [-0.2, 0) is 25.9 Å². The molecule has 0 aliphatic carbocycles. The summed E-state index contributed by atoms with van der Waals surface area (Å²) in [6.07, 6.45) is 6.46. The summed E-state index contributed by atoms with van der Waals surface area (Å²) in [5.74, 6) is 0.102. The normalized spacial score (nSPS) is 10.9. The third kappa shape index (κ3) is 7.79. The molecule has 0 radical (unpaired) electrons. The summed E-state index contributed by atoms with van der Waals surface area (Å²) in [4.78, 5) is 23.6. The molecule has 3 nitrogen and oxygen atoms in total. The first-order valence-corrected chi connectivity index (χ1v) is 11.1. The second-order valence-corrected chi connectivity index (χ2v) is 8.15. The van der Waals surface area contributed by atoms with Gasteiger partial charge in [0.25, 0.3) is 0 Å². The first-order valence-electron chi connectivity index (χ1n) is 10.6. The average Bonchev–Trinajstić information content (AvgIpc) is 2.70. The van der Waals surface area contributed by atoms with Crippen LogP contribution in [0.5, 0.6) is 0 Å². The van der Waals surface area contributed by atoms with E-state index in [9.17, 15) is 9.59 Å². The number of carbonyl (C=O) groups is 2. The summed E-state index contributed by atoms with van der Waals surface area (Å²) in [6, 6.07) is 12.2. The van der Waals surface area contributed by atoms with Crippen molar-refractivity contribution in [2.45, 2.75) is 72.4 Å². The highest BCUT2D eigenvalue weighted by molar-refractivity contribution is 7.97. The molecule has 0 fully saturated rings. The van der Waals surface area contributed by atoms with E-state index in [-0.39, 0.29) is 10.9 Å². The number of hydrogen-bond acceptors (Lipinski definition) is 3. The summed E-state index contributed by atoms with van der Waals surface area (Å²) in [5, 5.41) is 3.27. The zero-order chi connectivity index (χ0) is 21.2. The third-order valence-electron chi connectivity index (χ3n) is 5.05.